The highest BCUT2D eigenvalue weighted by atomic mass is 32.1. The summed E-state index contributed by atoms with van der Waals surface area (Å²) in [4.78, 5) is 45.6. The van der Waals surface area contributed by atoms with E-state index in [-0.39, 0.29) is 5.92 Å². The molecule has 0 radical (unpaired) electrons. The molecule has 1 N–H and O–H groups in total. The molecule has 1 aliphatic carbocycles. The van der Waals surface area contributed by atoms with Gasteiger partial charge in [0.25, 0.3) is 5.56 Å². The molecule has 0 bridgehead atoms. The lowest BCUT2D eigenvalue weighted by Gasteiger charge is -2.32. The van der Waals surface area contributed by atoms with Crippen LogP contribution in [0.2, 0.25) is 0 Å². The van der Waals surface area contributed by atoms with E-state index in [2.05, 4.69) is 24.0 Å². The van der Waals surface area contributed by atoms with Crippen molar-refractivity contribution in [2.75, 3.05) is 0 Å². The first kappa shape index (κ1) is 27.1. The van der Waals surface area contributed by atoms with Crippen LogP contribution >= 0.6 is 11.3 Å². The van der Waals surface area contributed by atoms with E-state index in [1.54, 1.807) is 11.5 Å². The van der Waals surface area contributed by atoms with Gasteiger partial charge >= 0.3 is 11.7 Å². The Morgan fingerprint density at radius 1 is 1.21 bits per heavy atom. The number of carboxylic acid groups (broad SMARTS) is 1. The van der Waals surface area contributed by atoms with Gasteiger partial charge < -0.3 is 9.52 Å². The Labute approximate surface area is 230 Å². The zero-order valence-corrected chi connectivity index (χ0v) is 23.7. The van der Waals surface area contributed by atoms with Crippen LogP contribution in [0, 0.1) is 18.8 Å². The second-order valence-electron chi connectivity index (χ2n) is 11.3. The molecule has 206 valence electrons. The topological polar surface area (TPSA) is 107 Å². The van der Waals surface area contributed by atoms with Gasteiger partial charge in [0.15, 0.2) is 0 Å². The molecule has 0 aliphatic heterocycles. The standard InChI is InChI=1S/C30H35N3O5S/c1-18-10-8-9-13-21(18)16-22(20-11-6-5-7-12-20)17-32-27-23(19(2)24(39-27)25-31-14-15-38-25)26(34)33(29(32)37)30(3,4)28(35)36/h5-7,11-12,14-15,18,21-22H,8-10,13,16-17H2,1-4H3,(H,35,36)/t18-,21+,22-/m0/s1. The fourth-order valence-corrected chi connectivity index (χ4v) is 7.25. The van der Waals surface area contributed by atoms with Gasteiger partial charge in [0.2, 0.25) is 5.89 Å². The van der Waals surface area contributed by atoms with Gasteiger partial charge in [-0.15, -0.1) is 11.3 Å². The number of rotatable bonds is 8. The van der Waals surface area contributed by atoms with Gasteiger partial charge in [0, 0.05) is 12.5 Å². The van der Waals surface area contributed by atoms with Crippen molar-refractivity contribution < 1.29 is 14.3 Å². The molecular weight excluding hydrogens is 514 g/mol. The van der Waals surface area contributed by atoms with Crippen molar-refractivity contribution in [3.63, 3.8) is 0 Å². The summed E-state index contributed by atoms with van der Waals surface area (Å²) in [6, 6.07) is 10.2. The summed E-state index contributed by atoms with van der Waals surface area (Å²) in [5.41, 5.74) is -1.20. The van der Waals surface area contributed by atoms with Crippen LogP contribution in [0.4, 0.5) is 0 Å². The minimum absolute atomic E-state index is 0.0177. The van der Waals surface area contributed by atoms with Gasteiger partial charge in [-0.25, -0.2) is 19.1 Å². The number of oxazole rings is 1. The number of nitrogens with zero attached hydrogens (tertiary/aromatic N) is 3. The van der Waals surface area contributed by atoms with Crippen LogP contribution in [0.25, 0.3) is 21.0 Å². The first-order valence-corrected chi connectivity index (χ1v) is 14.4. The number of aryl methyl sites for hydroxylation is 1. The third-order valence-electron chi connectivity index (χ3n) is 8.47. The molecular formula is C30H35N3O5S. The van der Waals surface area contributed by atoms with Gasteiger partial charge in [-0.1, -0.05) is 62.9 Å². The number of thiophene rings is 1. The summed E-state index contributed by atoms with van der Waals surface area (Å²) in [6.07, 6.45) is 8.74. The highest BCUT2D eigenvalue weighted by molar-refractivity contribution is 7.22. The molecule has 1 saturated carbocycles. The summed E-state index contributed by atoms with van der Waals surface area (Å²) in [6.45, 7) is 7.23. The predicted molar refractivity (Wildman–Crippen MR) is 152 cm³/mol. The second kappa shape index (κ2) is 10.6. The average molecular weight is 550 g/mol. The lowest BCUT2D eigenvalue weighted by atomic mass is 9.74. The molecule has 3 atom stereocenters. The van der Waals surface area contributed by atoms with E-state index in [0.29, 0.717) is 44.9 Å². The predicted octanol–water partition coefficient (Wildman–Crippen LogP) is 6.01. The SMILES string of the molecule is Cc1c(-c2ncco2)sc2c1c(=O)n(C(C)(C)C(=O)O)c(=O)n2C[C@H](C[C@H]1CCCC[C@@H]1C)c1ccccc1. The second-order valence-corrected chi connectivity index (χ2v) is 12.3. The van der Waals surface area contributed by atoms with E-state index in [1.807, 2.05) is 18.2 Å². The minimum Gasteiger partial charge on any atom is -0.480 e. The maximum absolute atomic E-state index is 14.1. The lowest BCUT2D eigenvalue weighted by molar-refractivity contribution is -0.146. The molecule has 0 amide bonds. The van der Waals surface area contributed by atoms with E-state index >= 15 is 0 Å². The highest BCUT2D eigenvalue weighted by Gasteiger charge is 2.36. The van der Waals surface area contributed by atoms with Gasteiger partial charge in [0.1, 0.15) is 16.6 Å². The van der Waals surface area contributed by atoms with Crippen molar-refractivity contribution in [2.24, 2.45) is 11.8 Å². The molecule has 0 spiro atoms. The number of aromatic nitrogens is 3. The Morgan fingerprint density at radius 2 is 1.92 bits per heavy atom. The third-order valence-corrected chi connectivity index (χ3v) is 9.77. The molecule has 1 fully saturated rings. The number of carbonyl (C=O) groups is 1. The molecule has 1 aromatic carbocycles. The fourth-order valence-electron chi connectivity index (χ4n) is 6.01. The van der Waals surface area contributed by atoms with Crippen LogP contribution in [0.1, 0.15) is 69.9 Å². The number of aliphatic carboxylic acids is 1. The molecule has 3 aromatic heterocycles. The van der Waals surface area contributed by atoms with Crippen molar-refractivity contribution in [3.05, 3.63) is 74.8 Å². The molecule has 5 rings (SSSR count). The van der Waals surface area contributed by atoms with Crippen LogP contribution in [0.15, 0.2) is 56.8 Å². The zero-order valence-electron chi connectivity index (χ0n) is 22.8. The quantitative estimate of drug-likeness (QED) is 0.289. The Kier molecular flexibility index (Phi) is 7.37. The Bertz CT molecular complexity index is 1600. The van der Waals surface area contributed by atoms with Crippen molar-refractivity contribution >= 4 is 27.5 Å². The molecule has 4 aromatic rings. The monoisotopic (exact) mass is 549 g/mol. The summed E-state index contributed by atoms with van der Waals surface area (Å²) in [7, 11) is 0. The number of fused-ring (bicyclic) bond motifs is 1. The zero-order chi connectivity index (χ0) is 27.9. The summed E-state index contributed by atoms with van der Waals surface area (Å²) >= 11 is 1.29. The van der Waals surface area contributed by atoms with Gasteiger partial charge in [-0.3, -0.25) is 9.36 Å². The first-order chi connectivity index (χ1) is 18.6. The number of carboxylic acids is 1. The fraction of sp³-hybridized carbons (Fsp3) is 0.467. The Balaban J connectivity index is 1.74. The van der Waals surface area contributed by atoms with E-state index in [0.717, 1.165) is 23.0 Å². The maximum Gasteiger partial charge on any atom is 0.333 e. The van der Waals surface area contributed by atoms with Gasteiger partial charge in [0.05, 0.1) is 16.5 Å². The number of hydrogen-bond acceptors (Lipinski definition) is 6. The van der Waals surface area contributed by atoms with Crippen molar-refractivity contribution in [2.45, 2.75) is 77.8 Å². The van der Waals surface area contributed by atoms with Crippen LogP contribution < -0.4 is 11.2 Å². The summed E-state index contributed by atoms with van der Waals surface area (Å²) in [5, 5.41) is 10.3. The largest absolute Gasteiger partial charge is 0.480 e. The van der Waals surface area contributed by atoms with E-state index < -0.39 is 22.8 Å². The summed E-state index contributed by atoms with van der Waals surface area (Å²) in [5.74, 6) is 0.270. The minimum atomic E-state index is -1.73. The third kappa shape index (κ3) is 4.88. The lowest BCUT2D eigenvalue weighted by Crippen LogP contribution is -2.52. The van der Waals surface area contributed by atoms with Gasteiger partial charge in [-0.05, 0) is 50.2 Å². The van der Waals surface area contributed by atoms with Crippen LogP contribution in [0.5, 0.6) is 0 Å². The highest BCUT2D eigenvalue weighted by Crippen LogP contribution is 2.39. The normalized spacial score (nSPS) is 18.9. The molecule has 0 unspecified atom stereocenters. The van der Waals surface area contributed by atoms with Crippen molar-refractivity contribution in [1.29, 1.82) is 0 Å². The summed E-state index contributed by atoms with van der Waals surface area (Å²) < 4.78 is 8.07. The van der Waals surface area contributed by atoms with Gasteiger partial charge in [-0.2, -0.15) is 0 Å². The van der Waals surface area contributed by atoms with Crippen LogP contribution in [-0.4, -0.2) is 25.2 Å². The molecule has 39 heavy (non-hydrogen) atoms. The number of benzene rings is 1. The van der Waals surface area contributed by atoms with E-state index in [1.165, 1.54) is 56.9 Å². The number of hydrogen-bond donors (Lipinski definition) is 1. The Morgan fingerprint density at radius 3 is 2.56 bits per heavy atom. The maximum atomic E-state index is 14.1. The Hall–Kier alpha value is -3.46. The van der Waals surface area contributed by atoms with Crippen molar-refractivity contribution in [1.82, 2.24) is 14.1 Å². The van der Waals surface area contributed by atoms with E-state index in [9.17, 15) is 19.5 Å². The first-order valence-electron chi connectivity index (χ1n) is 13.6. The molecule has 0 saturated heterocycles. The smallest absolute Gasteiger partial charge is 0.333 e. The van der Waals surface area contributed by atoms with Crippen LogP contribution in [0.3, 0.4) is 0 Å². The molecule has 3 heterocycles. The molecule has 8 nitrogen and oxygen atoms in total. The van der Waals surface area contributed by atoms with Crippen molar-refractivity contribution in [3.8, 4) is 10.8 Å². The molecule has 9 heteroatoms. The van der Waals surface area contributed by atoms with E-state index in [4.69, 9.17) is 4.42 Å². The molecule has 1 aliphatic rings. The van der Waals surface area contributed by atoms with Crippen LogP contribution in [-0.2, 0) is 16.9 Å². The average Bonchev–Trinajstić information content (AvgIpc) is 3.55.